The van der Waals surface area contributed by atoms with Gasteiger partial charge in [-0.25, -0.2) is 0 Å². The molecule has 10 nitrogen and oxygen atoms in total. The molecular formula is C11H22N6O4. The zero-order valence-electron chi connectivity index (χ0n) is 11.8. The zero-order valence-corrected chi connectivity index (χ0v) is 11.8. The van der Waals surface area contributed by atoms with Gasteiger partial charge < -0.3 is 36.1 Å². The summed E-state index contributed by atoms with van der Waals surface area (Å²) in [5, 5.41) is 23.0. The third-order valence-electron chi connectivity index (χ3n) is 2.18. The van der Waals surface area contributed by atoms with Crippen LogP contribution in [-0.2, 0) is 9.47 Å². The largest absolute Gasteiger partial charge is 0.394 e. The predicted molar refractivity (Wildman–Crippen MR) is 77.0 cm³/mol. The standard InChI is InChI=1S/C11H22N6O4/c12-9-15-10(13-1-5-20-7-3-18)17-11(16-9)14-2-6-21-8-4-19/h18-19H,1-8H2,(H4,12,13,14,15,16,17). The molecule has 120 valence electrons. The van der Waals surface area contributed by atoms with Crippen molar-refractivity contribution in [2.24, 2.45) is 0 Å². The molecule has 0 fully saturated rings. The average Bonchev–Trinajstić information content (AvgIpc) is 2.46. The number of hydrogen-bond donors (Lipinski definition) is 5. The Morgan fingerprint density at radius 2 is 1.29 bits per heavy atom. The summed E-state index contributed by atoms with van der Waals surface area (Å²) < 4.78 is 10.2. The van der Waals surface area contributed by atoms with Gasteiger partial charge in [0.05, 0.1) is 39.6 Å². The van der Waals surface area contributed by atoms with Crippen LogP contribution < -0.4 is 16.4 Å². The molecule has 0 aliphatic heterocycles. The molecule has 1 heterocycles. The monoisotopic (exact) mass is 302 g/mol. The van der Waals surface area contributed by atoms with E-state index in [0.717, 1.165) is 0 Å². The van der Waals surface area contributed by atoms with E-state index >= 15 is 0 Å². The van der Waals surface area contributed by atoms with E-state index in [-0.39, 0.29) is 19.2 Å². The second kappa shape index (κ2) is 11.0. The molecule has 21 heavy (non-hydrogen) atoms. The molecule has 0 saturated heterocycles. The number of nitrogen functional groups attached to an aromatic ring is 1. The van der Waals surface area contributed by atoms with Crippen LogP contribution in [0, 0.1) is 0 Å². The fourth-order valence-corrected chi connectivity index (χ4v) is 1.35. The highest BCUT2D eigenvalue weighted by Crippen LogP contribution is 2.06. The van der Waals surface area contributed by atoms with E-state index in [1.807, 2.05) is 0 Å². The van der Waals surface area contributed by atoms with E-state index in [9.17, 15) is 0 Å². The lowest BCUT2D eigenvalue weighted by molar-refractivity contribution is 0.0990. The number of hydrogen-bond acceptors (Lipinski definition) is 10. The van der Waals surface area contributed by atoms with Crippen LogP contribution in [0.5, 0.6) is 0 Å². The number of aliphatic hydroxyl groups excluding tert-OH is 2. The Morgan fingerprint density at radius 3 is 1.71 bits per heavy atom. The third-order valence-corrected chi connectivity index (χ3v) is 2.18. The van der Waals surface area contributed by atoms with Gasteiger partial charge in [-0.15, -0.1) is 0 Å². The number of nitrogens with zero attached hydrogens (tertiary/aromatic N) is 3. The van der Waals surface area contributed by atoms with Crippen LogP contribution >= 0.6 is 0 Å². The average molecular weight is 302 g/mol. The molecule has 6 N–H and O–H groups in total. The van der Waals surface area contributed by atoms with Gasteiger partial charge in [-0.05, 0) is 0 Å². The second-order valence-electron chi connectivity index (χ2n) is 3.87. The molecule has 0 radical (unpaired) electrons. The summed E-state index contributed by atoms with van der Waals surface area (Å²) in [6.45, 7) is 2.39. The fraction of sp³-hybridized carbons (Fsp3) is 0.727. The molecule has 1 rings (SSSR count). The van der Waals surface area contributed by atoms with Gasteiger partial charge in [0.15, 0.2) is 0 Å². The lowest BCUT2D eigenvalue weighted by Gasteiger charge is -2.09. The van der Waals surface area contributed by atoms with Gasteiger partial charge in [-0.1, -0.05) is 0 Å². The number of rotatable bonds is 12. The summed E-state index contributed by atoms with van der Waals surface area (Å²) in [4.78, 5) is 12.0. The van der Waals surface area contributed by atoms with Crippen LogP contribution in [0.3, 0.4) is 0 Å². The van der Waals surface area contributed by atoms with Crippen molar-refractivity contribution in [3.8, 4) is 0 Å². The summed E-state index contributed by atoms with van der Waals surface area (Å²) in [6.07, 6.45) is 0. The molecule has 1 aromatic heterocycles. The highest BCUT2D eigenvalue weighted by Gasteiger charge is 2.03. The molecule has 1 aromatic rings. The summed E-state index contributed by atoms with van der Waals surface area (Å²) in [5.41, 5.74) is 5.59. The fourth-order valence-electron chi connectivity index (χ4n) is 1.35. The molecule has 0 bridgehead atoms. The Kier molecular flexibility index (Phi) is 9.04. The first-order chi connectivity index (χ1) is 10.3. The normalized spacial score (nSPS) is 10.6. The van der Waals surface area contributed by atoms with Crippen LogP contribution in [0.4, 0.5) is 17.8 Å². The lowest BCUT2D eigenvalue weighted by Crippen LogP contribution is -2.17. The van der Waals surface area contributed by atoms with Crippen molar-refractivity contribution in [3.05, 3.63) is 0 Å². The molecule has 0 atom stereocenters. The summed E-state index contributed by atoms with van der Waals surface area (Å²) in [7, 11) is 0. The van der Waals surface area contributed by atoms with Crippen molar-refractivity contribution in [1.29, 1.82) is 0 Å². The number of nitrogens with two attached hydrogens (primary N) is 1. The van der Waals surface area contributed by atoms with Crippen molar-refractivity contribution < 1.29 is 19.7 Å². The van der Waals surface area contributed by atoms with Crippen molar-refractivity contribution in [3.63, 3.8) is 0 Å². The van der Waals surface area contributed by atoms with E-state index in [4.69, 9.17) is 25.4 Å². The first-order valence-electron chi connectivity index (χ1n) is 6.62. The van der Waals surface area contributed by atoms with E-state index in [0.29, 0.717) is 51.4 Å². The summed E-state index contributed by atoms with van der Waals surface area (Å²) in [5.74, 6) is 0.783. The summed E-state index contributed by atoms with van der Waals surface area (Å²) in [6, 6.07) is 0. The van der Waals surface area contributed by atoms with Gasteiger partial charge in [0, 0.05) is 13.1 Å². The van der Waals surface area contributed by atoms with Crippen molar-refractivity contribution in [2.75, 3.05) is 69.1 Å². The van der Waals surface area contributed by atoms with Gasteiger partial charge in [-0.3, -0.25) is 0 Å². The van der Waals surface area contributed by atoms with Gasteiger partial charge in [0.1, 0.15) is 0 Å². The van der Waals surface area contributed by atoms with Gasteiger partial charge >= 0.3 is 0 Å². The first-order valence-corrected chi connectivity index (χ1v) is 6.62. The minimum Gasteiger partial charge on any atom is -0.394 e. The Labute approximate surface area is 122 Å². The Morgan fingerprint density at radius 1 is 0.810 bits per heavy atom. The number of aromatic nitrogens is 3. The Bertz CT molecular complexity index is 363. The van der Waals surface area contributed by atoms with Crippen LogP contribution in [-0.4, -0.2) is 77.9 Å². The minimum absolute atomic E-state index is 0.00880. The molecule has 0 aliphatic carbocycles. The van der Waals surface area contributed by atoms with Crippen LogP contribution in [0.15, 0.2) is 0 Å². The van der Waals surface area contributed by atoms with E-state index < -0.39 is 0 Å². The number of nitrogens with one attached hydrogen (secondary N) is 2. The van der Waals surface area contributed by atoms with Gasteiger partial charge in [0.2, 0.25) is 17.8 Å². The summed E-state index contributed by atoms with van der Waals surface area (Å²) >= 11 is 0. The Balaban J connectivity index is 2.32. The number of anilines is 3. The molecular weight excluding hydrogens is 280 g/mol. The first kappa shape index (κ1) is 17.3. The zero-order chi connectivity index (χ0) is 15.3. The SMILES string of the molecule is Nc1nc(NCCOCCO)nc(NCCOCCO)n1. The maximum Gasteiger partial charge on any atom is 0.229 e. The van der Waals surface area contributed by atoms with E-state index in [1.165, 1.54) is 0 Å². The van der Waals surface area contributed by atoms with Crippen LogP contribution in [0.25, 0.3) is 0 Å². The topological polar surface area (TPSA) is 148 Å². The lowest BCUT2D eigenvalue weighted by atomic mass is 10.6. The maximum atomic E-state index is 8.56. The predicted octanol–water partition coefficient (Wildman–Crippen LogP) is -1.70. The Hall–Kier alpha value is -1.75. The van der Waals surface area contributed by atoms with Gasteiger partial charge in [-0.2, -0.15) is 15.0 Å². The second-order valence-corrected chi connectivity index (χ2v) is 3.87. The van der Waals surface area contributed by atoms with E-state index in [2.05, 4.69) is 25.6 Å². The minimum atomic E-state index is -0.00880. The molecule has 0 saturated carbocycles. The number of ether oxygens (including phenoxy) is 2. The van der Waals surface area contributed by atoms with Crippen molar-refractivity contribution >= 4 is 17.8 Å². The molecule has 0 unspecified atom stereocenters. The number of aliphatic hydroxyl groups is 2. The smallest absolute Gasteiger partial charge is 0.229 e. The molecule has 0 amide bonds. The maximum absolute atomic E-state index is 8.56. The quantitative estimate of drug-likeness (QED) is 0.283. The molecule has 0 spiro atoms. The van der Waals surface area contributed by atoms with Crippen LogP contribution in [0.2, 0.25) is 0 Å². The molecule has 10 heteroatoms. The third kappa shape index (κ3) is 8.19. The van der Waals surface area contributed by atoms with Crippen LogP contribution in [0.1, 0.15) is 0 Å². The van der Waals surface area contributed by atoms with Crippen molar-refractivity contribution in [2.45, 2.75) is 0 Å². The highest BCUT2D eigenvalue weighted by molar-refractivity contribution is 5.39. The van der Waals surface area contributed by atoms with Crippen molar-refractivity contribution in [1.82, 2.24) is 15.0 Å². The van der Waals surface area contributed by atoms with Gasteiger partial charge in [0.25, 0.3) is 0 Å². The molecule has 0 aliphatic rings. The highest BCUT2D eigenvalue weighted by atomic mass is 16.5. The molecule has 0 aromatic carbocycles. The van der Waals surface area contributed by atoms with E-state index in [1.54, 1.807) is 0 Å².